The SMILES string of the molecule is COCCOCc1ccccc1CCN. The quantitative estimate of drug-likeness (QED) is 0.689. The largest absolute Gasteiger partial charge is 0.382 e. The average molecular weight is 209 g/mol. The fourth-order valence-electron chi connectivity index (χ4n) is 1.42. The van der Waals surface area contributed by atoms with Crippen molar-refractivity contribution in [3.8, 4) is 0 Å². The molecule has 0 radical (unpaired) electrons. The summed E-state index contributed by atoms with van der Waals surface area (Å²) in [4.78, 5) is 0. The molecule has 15 heavy (non-hydrogen) atoms. The fourth-order valence-corrected chi connectivity index (χ4v) is 1.42. The number of hydrogen-bond donors (Lipinski definition) is 1. The second-order valence-corrected chi connectivity index (χ2v) is 3.35. The molecule has 0 aliphatic rings. The molecule has 2 N–H and O–H groups in total. The van der Waals surface area contributed by atoms with E-state index in [9.17, 15) is 0 Å². The van der Waals surface area contributed by atoms with Gasteiger partial charge in [0.15, 0.2) is 0 Å². The number of ether oxygens (including phenoxy) is 2. The van der Waals surface area contributed by atoms with E-state index in [1.54, 1.807) is 7.11 Å². The van der Waals surface area contributed by atoms with Crippen LogP contribution in [0.5, 0.6) is 0 Å². The summed E-state index contributed by atoms with van der Waals surface area (Å²) >= 11 is 0. The van der Waals surface area contributed by atoms with Crippen LogP contribution in [0.15, 0.2) is 24.3 Å². The van der Waals surface area contributed by atoms with E-state index in [4.69, 9.17) is 15.2 Å². The Bertz CT molecular complexity index is 276. The Morgan fingerprint density at radius 1 is 1.13 bits per heavy atom. The molecule has 0 aliphatic carbocycles. The highest BCUT2D eigenvalue weighted by Crippen LogP contribution is 2.10. The molecule has 0 aliphatic heterocycles. The van der Waals surface area contributed by atoms with Gasteiger partial charge in [-0.15, -0.1) is 0 Å². The zero-order chi connectivity index (χ0) is 10.9. The highest BCUT2D eigenvalue weighted by Gasteiger charge is 2.00. The molecule has 0 bridgehead atoms. The fraction of sp³-hybridized carbons (Fsp3) is 0.500. The average Bonchev–Trinajstić information content (AvgIpc) is 2.27. The van der Waals surface area contributed by atoms with E-state index < -0.39 is 0 Å². The van der Waals surface area contributed by atoms with Crippen molar-refractivity contribution in [2.45, 2.75) is 13.0 Å². The lowest BCUT2D eigenvalue weighted by atomic mass is 10.1. The first-order valence-corrected chi connectivity index (χ1v) is 5.22. The summed E-state index contributed by atoms with van der Waals surface area (Å²) in [7, 11) is 1.67. The third-order valence-corrected chi connectivity index (χ3v) is 2.22. The zero-order valence-corrected chi connectivity index (χ0v) is 9.24. The van der Waals surface area contributed by atoms with Crippen molar-refractivity contribution in [2.75, 3.05) is 26.9 Å². The summed E-state index contributed by atoms with van der Waals surface area (Å²) in [6, 6.07) is 8.23. The van der Waals surface area contributed by atoms with E-state index in [1.165, 1.54) is 11.1 Å². The van der Waals surface area contributed by atoms with Crippen molar-refractivity contribution in [2.24, 2.45) is 5.73 Å². The predicted octanol–water partition coefficient (Wildman–Crippen LogP) is 1.35. The lowest BCUT2D eigenvalue weighted by Crippen LogP contribution is -2.07. The van der Waals surface area contributed by atoms with Gasteiger partial charge in [-0.3, -0.25) is 0 Å². The van der Waals surface area contributed by atoms with Crippen LogP contribution in [-0.4, -0.2) is 26.9 Å². The summed E-state index contributed by atoms with van der Waals surface area (Å²) in [5, 5.41) is 0. The molecule has 0 amide bonds. The molecule has 0 saturated carbocycles. The molecule has 1 aromatic rings. The van der Waals surface area contributed by atoms with Crippen molar-refractivity contribution in [3.63, 3.8) is 0 Å². The van der Waals surface area contributed by atoms with Crippen LogP contribution in [0.2, 0.25) is 0 Å². The van der Waals surface area contributed by atoms with E-state index in [-0.39, 0.29) is 0 Å². The van der Waals surface area contributed by atoms with Gasteiger partial charge in [0.05, 0.1) is 19.8 Å². The van der Waals surface area contributed by atoms with Gasteiger partial charge in [-0.1, -0.05) is 24.3 Å². The molecule has 1 aromatic carbocycles. The molecule has 0 aromatic heterocycles. The van der Waals surface area contributed by atoms with Crippen LogP contribution in [0.3, 0.4) is 0 Å². The first-order valence-electron chi connectivity index (χ1n) is 5.22. The summed E-state index contributed by atoms with van der Waals surface area (Å²) in [6.45, 7) is 2.58. The maximum absolute atomic E-state index is 5.54. The molecule has 0 spiro atoms. The molecule has 84 valence electrons. The summed E-state index contributed by atoms with van der Waals surface area (Å²) in [5.41, 5.74) is 8.04. The van der Waals surface area contributed by atoms with Gasteiger partial charge in [-0.25, -0.2) is 0 Å². The van der Waals surface area contributed by atoms with Gasteiger partial charge < -0.3 is 15.2 Å². The second-order valence-electron chi connectivity index (χ2n) is 3.35. The molecule has 0 unspecified atom stereocenters. The molecular formula is C12H19NO2. The van der Waals surface area contributed by atoms with Crippen LogP contribution in [-0.2, 0) is 22.5 Å². The van der Waals surface area contributed by atoms with Crippen LogP contribution in [0.25, 0.3) is 0 Å². The minimum absolute atomic E-state index is 0.632. The predicted molar refractivity (Wildman–Crippen MR) is 60.7 cm³/mol. The topological polar surface area (TPSA) is 44.5 Å². The standard InChI is InChI=1S/C12H19NO2/c1-14-8-9-15-10-12-5-3-2-4-11(12)6-7-13/h2-5H,6-10,13H2,1H3. The Hall–Kier alpha value is -0.900. The number of nitrogens with two attached hydrogens (primary N) is 1. The number of benzene rings is 1. The Balaban J connectivity index is 2.44. The van der Waals surface area contributed by atoms with Gasteiger partial charge in [-0.05, 0) is 24.1 Å². The van der Waals surface area contributed by atoms with Crippen molar-refractivity contribution in [3.05, 3.63) is 35.4 Å². The smallest absolute Gasteiger partial charge is 0.0720 e. The first kappa shape index (κ1) is 12.2. The number of hydrogen-bond acceptors (Lipinski definition) is 3. The van der Waals surface area contributed by atoms with Gasteiger partial charge in [0.1, 0.15) is 0 Å². The minimum Gasteiger partial charge on any atom is -0.382 e. The van der Waals surface area contributed by atoms with Crippen molar-refractivity contribution < 1.29 is 9.47 Å². The zero-order valence-electron chi connectivity index (χ0n) is 9.24. The highest BCUT2D eigenvalue weighted by atomic mass is 16.5. The van der Waals surface area contributed by atoms with E-state index >= 15 is 0 Å². The number of rotatable bonds is 7. The van der Waals surface area contributed by atoms with E-state index in [0.717, 1.165) is 6.42 Å². The van der Waals surface area contributed by atoms with Crippen LogP contribution in [0.4, 0.5) is 0 Å². The summed E-state index contributed by atoms with van der Waals surface area (Å²) < 4.78 is 10.4. The molecule has 0 saturated heterocycles. The Morgan fingerprint density at radius 2 is 1.87 bits per heavy atom. The highest BCUT2D eigenvalue weighted by molar-refractivity contribution is 5.26. The Labute approximate surface area is 91.2 Å². The molecule has 3 nitrogen and oxygen atoms in total. The molecule has 1 rings (SSSR count). The van der Waals surface area contributed by atoms with Gasteiger partial charge >= 0.3 is 0 Å². The third-order valence-electron chi connectivity index (χ3n) is 2.22. The van der Waals surface area contributed by atoms with Gasteiger partial charge in [0.25, 0.3) is 0 Å². The van der Waals surface area contributed by atoms with Crippen LogP contribution in [0.1, 0.15) is 11.1 Å². The normalized spacial score (nSPS) is 10.5. The summed E-state index contributed by atoms with van der Waals surface area (Å²) in [6.07, 6.45) is 0.907. The lowest BCUT2D eigenvalue weighted by Gasteiger charge is -2.08. The Kier molecular flexibility index (Phi) is 6.00. The monoisotopic (exact) mass is 209 g/mol. The number of methoxy groups -OCH3 is 1. The minimum atomic E-state index is 0.632. The second kappa shape index (κ2) is 7.40. The van der Waals surface area contributed by atoms with Crippen LogP contribution < -0.4 is 5.73 Å². The van der Waals surface area contributed by atoms with E-state index in [0.29, 0.717) is 26.4 Å². The summed E-state index contributed by atoms with van der Waals surface area (Å²) in [5.74, 6) is 0. The molecular weight excluding hydrogens is 190 g/mol. The van der Waals surface area contributed by atoms with Crippen LogP contribution in [0, 0.1) is 0 Å². The maximum atomic E-state index is 5.54. The molecule has 3 heteroatoms. The van der Waals surface area contributed by atoms with Gasteiger partial charge in [0.2, 0.25) is 0 Å². The first-order chi connectivity index (χ1) is 7.38. The van der Waals surface area contributed by atoms with Crippen molar-refractivity contribution in [1.29, 1.82) is 0 Å². The van der Waals surface area contributed by atoms with Crippen LogP contribution >= 0.6 is 0 Å². The third kappa shape index (κ3) is 4.42. The molecule has 0 atom stereocenters. The maximum Gasteiger partial charge on any atom is 0.0720 e. The Morgan fingerprint density at radius 3 is 2.53 bits per heavy atom. The van der Waals surface area contributed by atoms with E-state index in [2.05, 4.69) is 12.1 Å². The van der Waals surface area contributed by atoms with Crippen molar-refractivity contribution >= 4 is 0 Å². The van der Waals surface area contributed by atoms with Crippen molar-refractivity contribution in [1.82, 2.24) is 0 Å². The van der Waals surface area contributed by atoms with E-state index in [1.807, 2.05) is 12.1 Å². The lowest BCUT2D eigenvalue weighted by molar-refractivity contribution is 0.0614. The van der Waals surface area contributed by atoms with Gasteiger partial charge in [-0.2, -0.15) is 0 Å². The molecule has 0 fully saturated rings. The van der Waals surface area contributed by atoms with Gasteiger partial charge in [0, 0.05) is 7.11 Å². The molecule has 0 heterocycles.